The van der Waals surface area contributed by atoms with E-state index in [1.54, 1.807) is 6.20 Å². The number of hydrogen-bond donors (Lipinski definition) is 0. The molecule has 2 aromatic heterocycles. The number of likely N-dealkylation sites (tertiary alicyclic amines) is 1. The first-order chi connectivity index (χ1) is 12.2. The van der Waals surface area contributed by atoms with Crippen LogP contribution in [-0.4, -0.2) is 32.3 Å². The number of aryl methyl sites for hydroxylation is 1. The first-order valence-corrected chi connectivity index (χ1v) is 8.51. The minimum absolute atomic E-state index is 0.000258. The number of carbonyl (C=O) groups is 1. The Kier molecular flexibility index (Phi) is 4.09. The van der Waals surface area contributed by atoms with Crippen LogP contribution in [0, 0.1) is 6.92 Å². The fourth-order valence-electron chi connectivity index (χ4n) is 3.41. The molecule has 3 heterocycles. The van der Waals surface area contributed by atoms with Gasteiger partial charge in [-0.25, -0.2) is 0 Å². The average molecular weight is 336 g/mol. The molecule has 0 bridgehead atoms. The van der Waals surface area contributed by atoms with Gasteiger partial charge in [-0.05, 0) is 43.5 Å². The molecule has 25 heavy (non-hydrogen) atoms. The van der Waals surface area contributed by atoms with E-state index >= 15 is 0 Å². The van der Waals surface area contributed by atoms with Gasteiger partial charge in [0.15, 0.2) is 0 Å². The summed E-state index contributed by atoms with van der Waals surface area (Å²) >= 11 is 0. The van der Waals surface area contributed by atoms with Crippen molar-refractivity contribution in [2.45, 2.75) is 32.4 Å². The molecule has 1 atom stereocenters. The maximum absolute atomic E-state index is 13.0. The van der Waals surface area contributed by atoms with Gasteiger partial charge >= 0.3 is 0 Å². The summed E-state index contributed by atoms with van der Waals surface area (Å²) < 4.78 is 7.04. The molecule has 6 heteroatoms. The van der Waals surface area contributed by atoms with Gasteiger partial charge in [-0.1, -0.05) is 17.3 Å². The maximum atomic E-state index is 13.0. The molecule has 0 unspecified atom stereocenters. The van der Waals surface area contributed by atoms with Crippen LogP contribution < -0.4 is 0 Å². The topological polar surface area (TPSA) is 64.2 Å². The van der Waals surface area contributed by atoms with Gasteiger partial charge in [0, 0.05) is 30.6 Å². The van der Waals surface area contributed by atoms with Crippen molar-refractivity contribution >= 4 is 5.91 Å². The molecule has 0 aliphatic carbocycles. The molecule has 0 saturated carbocycles. The lowest BCUT2D eigenvalue weighted by molar-refractivity contribution is 0.0730. The molecule has 3 aromatic rings. The zero-order chi connectivity index (χ0) is 17.2. The largest absolute Gasteiger partial charge is 0.361 e. The van der Waals surface area contributed by atoms with E-state index in [4.69, 9.17) is 4.52 Å². The summed E-state index contributed by atoms with van der Waals surface area (Å²) in [4.78, 5) is 14.9. The van der Waals surface area contributed by atoms with Crippen molar-refractivity contribution in [3.05, 3.63) is 71.4 Å². The predicted molar refractivity (Wildman–Crippen MR) is 92.0 cm³/mol. The summed E-state index contributed by atoms with van der Waals surface area (Å²) in [5.41, 5.74) is 2.61. The van der Waals surface area contributed by atoms with Gasteiger partial charge in [0.2, 0.25) is 0 Å². The number of aromatic nitrogens is 3. The molecular formula is C19H20N4O2. The SMILES string of the molecule is Cc1cc([C@@H]2CCCN2C(=O)c2cccc(Cn3cccn3)c2)no1. The summed E-state index contributed by atoms with van der Waals surface area (Å²) in [5, 5.41) is 8.33. The van der Waals surface area contributed by atoms with Crippen molar-refractivity contribution in [3.63, 3.8) is 0 Å². The van der Waals surface area contributed by atoms with Gasteiger partial charge in [0.05, 0.1) is 12.6 Å². The van der Waals surface area contributed by atoms with Gasteiger partial charge in [-0.3, -0.25) is 9.48 Å². The van der Waals surface area contributed by atoms with Crippen molar-refractivity contribution < 1.29 is 9.32 Å². The van der Waals surface area contributed by atoms with Gasteiger partial charge < -0.3 is 9.42 Å². The van der Waals surface area contributed by atoms with Crippen LogP contribution in [0.25, 0.3) is 0 Å². The van der Waals surface area contributed by atoms with Crippen molar-refractivity contribution in [2.24, 2.45) is 0 Å². The molecule has 1 fully saturated rings. The van der Waals surface area contributed by atoms with E-state index in [0.29, 0.717) is 12.1 Å². The number of benzene rings is 1. The first-order valence-electron chi connectivity index (χ1n) is 8.51. The molecule has 6 nitrogen and oxygen atoms in total. The summed E-state index contributed by atoms with van der Waals surface area (Å²) in [6.07, 6.45) is 5.57. The summed E-state index contributed by atoms with van der Waals surface area (Å²) in [5.74, 6) is 0.820. The van der Waals surface area contributed by atoms with Crippen LogP contribution >= 0.6 is 0 Å². The monoisotopic (exact) mass is 336 g/mol. The van der Waals surface area contributed by atoms with Crippen LogP contribution in [0.5, 0.6) is 0 Å². The van der Waals surface area contributed by atoms with Gasteiger partial charge in [0.25, 0.3) is 5.91 Å². The number of nitrogens with zero attached hydrogens (tertiary/aromatic N) is 4. The number of hydrogen-bond acceptors (Lipinski definition) is 4. The predicted octanol–water partition coefficient (Wildman–Crippen LogP) is 3.21. The molecule has 0 spiro atoms. The Morgan fingerprint density at radius 1 is 1.32 bits per heavy atom. The molecule has 1 saturated heterocycles. The van der Waals surface area contributed by atoms with Crippen molar-refractivity contribution in [3.8, 4) is 0 Å². The Hall–Kier alpha value is -2.89. The normalized spacial score (nSPS) is 17.2. The zero-order valence-electron chi connectivity index (χ0n) is 14.1. The second kappa shape index (κ2) is 6.55. The molecule has 1 amide bonds. The first kappa shape index (κ1) is 15.6. The molecule has 0 N–H and O–H groups in total. The van der Waals surface area contributed by atoms with Crippen LogP contribution in [0.4, 0.5) is 0 Å². The minimum atomic E-state index is -0.000258. The highest BCUT2D eigenvalue weighted by Gasteiger charge is 2.32. The fraction of sp³-hybridized carbons (Fsp3) is 0.316. The Labute approximate surface area is 146 Å². The number of amides is 1. The molecule has 4 rings (SSSR count). The lowest BCUT2D eigenvalue weighted by Gasteiger charge is -2.23. The molecular weight excluding hydrogens is 316 g/mol. The average Bonchev–Trinajstić information content (AvgIpc) is 3.35. The fourth-order valence-corrected chi connectivity index (χ4v) is 3.41. The van der Waals surface area contributed by atoms with Crippen molar-refractivity contribution in [1.29, 1.82) is 0 Å². The van der Waals surface area contributed by atoms with Crippen LogP contribution in [0.1, 0.15) is 46.3 Å². The van der Waals surface area contributed by atoms with E-state index in [1.807, 2.05) is 59.1 Å². The Bertz CT molecular complexity index is 869. The van der Waals surface area contributed by atoms with Crippen LogP contribution in [0.3, 0.4) is 0 Å². The van der Waals surface area contributed by atoms with Crippen LogP contribution in [0.15, 0.2) is 53.3 Å². The Balaban J connectivity index is 1.55. The summed E-state index contributed by atoms with van der Waals surface area (Å²) in [6, 6.07) is 11.6. The minimum Gasteiger partial charge on any atom is -0.361 e. The highest BCUT2D eigenvalue weighted by atomic mass is 16.5. The van der Waals surface area contributed by atoms with Crippen molar-refractivity contribution in [1.82, 2.24) is 19.8 Å². The lowest BCUT2D eigenvalue weighted by Crippen LogP contribution is -2.30. The lowest BCUT2D eigenvalue weighted by atomic mass is 10.1. The molecule has 0 radical (unpaired) electrons. The molecule has 1 aliphatic heterocycles. The zero-order valence-corrected chi connectivity index (χ0v) is 14.1. The Morgan fingerprint density at radius 3 is 3.00 bits per heavy atom. The quantitative estimate of drug-likeness (QED) is 0.734. The highest BCUT2D eigenvalue weighted by molar-refractivity contribution is 5.94. The number of carbonyl (C=O) groups excluding carboxylic acids is 1. The summed E-state index contributed by atoms with van der Waals surface area (Å²) in [7, 11) is 0. The van der Waals surface area contributed by atoms with Crippen LogP contribution in [-0.2, 0) is 6.54 Å². The second-order valence-corrected chi connectivity index (χ2v) is 6.42. The molecule has 128 valence electrons. The standard InChI is InChI=1S/C19H20N4O2/c1-14-11-17(21-25-14)18-7-3-10-23(18)19(24)16-6-2-5-15(12-16)13-22-9-4-8-20-22/h2,4-6,8-9,11-12,18H,3,7,10,13H2,1H3/t18-/m0/s1. The van der Waals surface area contributed by atoms with E-state index in [2.05, 4.69) is 10.3 Å². The van der Waals surface area contributed by atoms with E-state index in [9.17, 15) is 4.79 Å². The third-order valence-electron chi connectivity index (χ3n) is 4.58. The molecule has 1 aliphatic rings. The molecule has 1 aromatic carbocycles. The van der Waals surface area contributed by atoms with Gasteiger partial charge in [-0.2, -0.15) is 5.10 Å². The van der Waals surface area contributed by atoms with E-state index in [1.165, 1.54) is 0 Å². The number of rotatable bonds is 4. The van der Waals surface area contributed by atoms with E-state index < -0.39 is 0 Å². The maximum Gasteiger partial charge on any atom is 0.254 e. The third-order valence-corrected chi connectivity index (χ3v) is 4.58. The highest BCUT2D eigenvalue weighted by Crippen LogP contribution is 2.32. The van der Waals surface area contributed by atoms with E-state index in [0.717, 1.165) is 36.4 Å². The van der Waals surface area contributed by atoms with Gasteiger partial charge in [0.1, 0.15) is 11.5 Å². The van der Waals surface area contributed by atoms with E-state index in [-0.39, 0.29) is 11.9 Å². The van der Waals surface area contributed by atoms with Gasteiger partial charge in [-0.15, -0.1) is 0 Å². The third kappa shape index (κ3) is 3.20. The van der Waals surface area contributed by atoms with Crippen molar-refractivity contribution in [2.75, 3.05) is 6.54 Å². The smallest absolute Gasteiger partial charge is 0.254 e. The Morgan fingerprint density at radius 2 is 2.24 bits per heavy atom. The second-order valence-electron chi connectivity index (χ2n) is 6.42. The summed E-state index contributed by atoms with van der Waals surface area (Å²) in [6.45, 7) is 3.27. The van der Waals surface area contributed by atoms with Crippen LogP contribution in [0.2, 0.25) is 0 Å².